The van der Waals surface area contributed by atoms with E-state index in [9.17, 15) is 18.3 Å². The van der Waals surface area contributed by atoms with Crippen LogP contribution < -0.4 is 10.5 Å². The standard InChI is InChI=1S/C27H29NO6S/c28-26(30)27(13-16-33-17-14-27)35(31,32)25-11-9-24(10-12-25)34-15-3-5-20-4-1-6-21(18-20)22-7-2-8-23(29)19-22/h1-2,4,6-12,18-19,29H,3,5,13-17H2,(H2,28,30). The maximum Gasteiger partial charge on any atom is 0.239 e. The summed E-state index contributed by atoms with van der Waals surface area (Å²) in [4.78, 5) is 12.2. The zero-order valence-electron chi connectivity index (χ0n) is 19.4. The zero-order chi connectivity index (χ0) is 24.9. The molecule has 3 N–H and O–H groups in total. The van der Waals surface area contributed by atoms with Gasteiger partial charge in [-0.15, -0.1) is 0 Å². The average molecular weight is 496 g/mol. The number of aromatic hydroxyl groups is 1. The molecule has 1 aliphatic rings. The Balaban J connectivity index is 1.35. The molecule has 0 unspecified atom stereocenters. The van der Waals surface area contributed by atoms with Gasteiger partial charge < -0.3 is 20.3 Å². The lowest BCUT2D eigenvalue weighted by Crippen LogP contribution is -2.53. The third-order valence-electron chi connectivity index (χ3n) is 6.38. The lowest BCUT2D eigenvalue weighted by molar-refractivity contribution is -0.122. The normalized spacial score (nSPS) is 15.4. The van der Waals surface area contributed by atoms with Gasteiger partial charge in [-0.2, -0.15) is 0 Å². The highest BCUT2D eigenvalue weighted by molar-refractivity contribution is 7.93. The van der Waals surface area contributed by atoms with Crippen LogP contribution in [0.4, 0.5) is 0 Å². The Hall–Kier alpha value is -3.36. The fraction of sp³-hybridized carbons (Fsp3) is 0.296. The van der Waals surface area contributed by atoms with Crippen molar-refractivity contribution in [1.82, 2.24) is 0 Å². The van der Waals surface area contributed by atoms with Crippen LogP contribution in [0.1, 0.15) is 24.8 Å². The number of carbonyl (C=O) groups excluding carboxylic acids is 1. The molecule has 0 bridgehead atoms. The Kier molecular flexibility index (Phi) is 7.42. The van der Waals surface area contributed by atoms with Crippen molar-refractivity contribution in [2.75, 3.05) is 19.8 Å². The number of phenolic OH excluding ortho intramolecular Hbond substituents is 1. The van der Waals surface area contributed by atoms with Gasteiger partial charge in [-0.25, -0.2) is 8.42 Å². The fourth-order valence-electron chi connectivity index (χ4n) is 4.35. The maximum atomic E-state index is 13.2. The largest absolute Gasteiger partial charge is 0.508 e. The third-order valence-corrected chi connectivity index (χ3v) is 8.91. The molecule has 4 rings (SSSR count). The number of rotatable bonds is 9. The van der Waals surface area contributed by atoms with Crippen molar-refractivity contribution in [2.24, 2.45) is 5.73 Å². The molecule has 3 aromatic rings. The topological polar surface area (TPSA) is 116 Å². The van der Waals surface area contributed by atoms with Crippen molar-refractivity contribution in [2.45, 2.75) is 35.3 Å². The summed E-state index contributed by atoms with van der Waals surface area (Å²) in [6, 6.07) is 21.4. The minimum absolute atomic E-state index is 0.0503. The lowest BCUT2D eigenvalue weighted by Gasteiger charge is -2.33. The van der Waals surface area contributed by atoms with Crippen LogP contribution in [0.3, 0.4) is 0 Å². The van der Waals surface area contributed by atoms with Gasteiger partial charge in [0.15, 0.2) is 14.6 Å². The number of carbonyl (C=O) groups is 1. The van der Waals surface area contributed by atoms with Crippen LogP contribution in [0, 0.1) is 0 Å². The van der Waals surface area contributed by atoms with Gasteiger partial charge in [-0.1, -0.05) is 36.4 Å². The van der Waals surface area contributed by atoms with Crippen molar-refractivity contribution in [3.8, 4) is 22.6 Å². The minimum Gasteiger partial charge on any atom is -0.508 e. The fourth-order valence-corrected chi connectivity index (χ4v) is 6.26. The molecule has 8 heteroatoms. The van der Waals surface area contributed by atoms with E-state index in [4.69, 9.17) is 15.2 Å². The van der Waals surface area contributed by atoms with E-state index in [1.165, 1.54) is 12.1 Å². The Morgan fingerprint density at radius 3 is 2.29 bits per heavy atom. The van der Waals surface area contributed by atoms with Gasteiger partial charge in [0.05, 0.1) is 11.5 Å². The number of primary amides is 1. The van der Waals surface area contributed by atoms with E-state index in [-0.39, 0.29) is 36.7 Å². The van der Waals surface area contributed by atoms with Crippen LogP contribution in [-0.4, -0.2) is 44.0 Å². The first-order valence-electron chi connectivity index (χ1n) is 11.6. The molecule has 0 atom stereocenters. The number of phenols is 1. The van der Waals surface area contributed by atoms with E-state index in [1.54, 1.807) is 24.3 Å². The first-order chi connectivity index (χ1) is 16.8. The number of hydrogen-bond donors (Lipinski definition) is 2. The Morgan fingerprint density at radius 2 is 1.63 bits per heavy atom. The average Bonchev–Trinajstić information content (AvgIpc) is 2.87. The highest BCUT2D eigenvalue weighted by atomic mass is 32.2. The van der Waals surface area contributed by atoms with Crippen molar-refractivity contribution in [1.29, 1.82) is 0 Å². The Morgan fingerprint density at radius 1 is 0.971 bits per heavy atom. The van der Waals surface area contributed by atoms with Crippen LogP contribution in [0.15, 0.2) is 77.7 Å². The van der Waals surface area contributed by atoms with Crippen molar-refractivity contribution >= 4 is 15.7 Å². The number of sulfone groups is 1. The predicted octanol–water partition coefficient (Wildman–Crippen LogP) is 3.88. The molecule has 1 saturated heterocycles. The Labute approximate surface area is 205 Å². The first-order valence-corrected chi connectivity index (χ1v) is 13.0. The molecular formula is C27H29NO6S. The van der Waals surface area contributed by atoms with Gasteiger partial charge in [0, 0.05) is 13.2 Å². The molecule has 1 fully saturated rings. The number of hydrogen-bond acceptors (Lipinski definition) is 6. The number of nitrogens with two attached hydrogens (primary N) is 1. The summed E-state index contributed by atoms with van der Waals surface area (Å²) in [5.41, 5.74) is 8.67. The molecule has 0 aliphatic carbocycles. The third kappa shape index (κ3) is 5.33. The predicted molar refractivity (Wildman–Crippen MR) is 133 cm³/mol. The smallest absolute Gasteiger partial charge is 0.239 e. The highest BCUT2D eigenvalue weighted by Crippen LogP contribution is 2.35. The van der Waals surface area contributed by atoms with E-state index in [1.807, 2.05) is 24.3 Å². The van der Waals surface area contributed by atoms with Crippen molar-refractivity contribution in [3.63, 3.8) is 0 Å². The summed E-state index contributed by atoms with van der Waals surface area (Å²) in [5, 5.41) is 9.71. The van der Waals surface area contributed by atoms with Crippen molar-refractivity contribution in [3.05, 3.63) is 78.4 Å². The summed E-state index contributed by atoms with van der Waals surface area (Å²) in [7, 11) is -3.96. The van der Waals surface area contributed by atoms with Crippen molar-refractivity contribution < 1.29 is 27.8 Å². The molecular weight excluding hydrogens is 466 g/mol. The molecule has 35 heavy (non-hydrogen) atoms. The van der Waals surface area contributed by atoms with Crippen LogP contribution >= 0.6 is 0 Å². The van der Waals surface area contributed by atoms with Gasteiger partial charge in [-0.05, 0) is 78.8 Å². The highest BCUT2D eigenvalue weighted by Gasteiger charge is 2.51. The first kappa shape index (κ1) is 24.8. The SMILES string of the molecule is NC(=O)C1(S(=O)(=O)c2ccc(OCCCc3cccc(-c4cccc(O)c4)c3)cc2)CCOCC1. The van der Waals surface area contributed by atoms with E-state index in [0.717, 1.165) is 29.5 Å². The molecule has 1 aliphatic heterocycles. The lowest BCUT2D eigenvalue weighted by atomic mass is 9.98. The second-order valence-corrected chi connectivity index (χ2v) is 10.9. The van der Waals surface area contributed by atoms with Crippen LogP contribution in [-0.2, 0) is 25.8 Å². The monoisotopic (exact) mass is 495 g/mol. The number of amides is 1. The quantitative estimate of drug-likeness (QED) is 0.435. The summed E-state index contributed by atoms with van der Waals surface area (Å²) >= 11 is 0. The number of aryl methyl sites for hydroxylation is 1. The second-order valence-electron chi connectivity index (χ2n) is 8.65. The van der Waals surface area contributed by atoms with Crippen LogP contribution in [0.2, 0.25) is 0 Å². The van der Waals surface area contributed by atoms with Gasteiger partial charge in [0.2, 0.25) is 5.91 Å². The summed E-state index contributed by atoms with van der Waals surface area (Å²) in [5.74, 6) is -0.0514. The van der Waals surface area contributed by atoms with E-state index >= 15 is 0 Å². The van der Waals surface area contributed by atoms with E-state index < -0.39 is 20.5 Å². The molecule has 1 amide bonds. The zero-order valence-corrected chi connectivity index (χ0v) is 20.2. The molecule has 7 nitrogen and oxygen atoms in total. The van der Waals surface area contributed by atoms with E-state index in [2.05, 4.69) is 12.1 Å². The summed E-state index contributed by atoms with van der Waals surface area (Å²) in [6.45, 7) is 0.825. The van der Waals surface area contributed by atoms with Gasteiger partial charge >= 0.3 is 0 Å². The van der Waals surface area contributed by atoms with E-state index in [0.29, 0.717) is 12.4 Å². The van der Waals surface area contributed by atoms with Gasteiger partial charge in [0.1, 0.15) is 11.5 Å². The molecule has 0 radical (unpaired) electrons. The molecule has 0 spiro atoms. The molecule has 0 aromatic heterocycles. The second kappa shape index (κ2) is 10.5. The van der Waals surface area contributed by atoms with Gasteiger partial charge in [0.25, 0.3) is 0 Å². The minimum atomic E-state index is -3.96. The Bertz CT molecular complexity index is 1280. The number of benzene rings is 3. The number of ether oxygens (including phenoxy) is 2. The summed E-state index contributed by atoms with van der Waals surface area (Å²) in [6.07, 6.45) is 1.68. The molecule has 3 aromatic carbocycles. The molecule has 1 heterocycles. The van der Waals surface area contributed by atoms with Gasteiger partial charge in [-0.3, -0.25) is 4.79 Å². The molecule has 184 valence electrons. The molecule has 0 saturated carbocycles. The maximum absolute atomic E-state index is 13.2. The summed E-state index contributed by atoms with van der Waals surface area (Å²) < 4.78 is 35.8. The van der Waals surface area contributed by atoms with Crippen LogP contribution in [0.5, 0.6) is 11.5 Å². The van der Waals surface area contributed by atoms with Crippen LogP contribution in [0.25, 0.3) is 11.1 Å².